The molecule has 1 aromatic carbocycles. The minimum Gasteiger partial charge on any atom is -0.325 e. The van der Waals surface area contributed by atoms with Crippen LogP contribution in [0.1, 0.15) is 0 Å². The van der Waals surface area contributed by atoms with Crippen molar-refractivity contribution in [3.8, 4) is 0 Å². The number of benzene rings is 1. The number of fused-ring (bicyclic) bond motifs is 1. The minimum absolute atomic E-state index is 0.0619. The number of anilines is 1. The van der Waals surface area contributed by atoms with Crippen molar-refractivity contribution in [1.29, 1.82) is 0 Å². The number of nitrogens with zero attached hydrogens (tertiary/aromatic N) is 3. The summed E-state index contributed by atoms with van der Waals surface area (Å²) in [5.74, 6) is -0.778. The van der Waals surface area contributed by atoms with Gasteiger partial charge < -0.3 is 5.32 Å². The lowest BCUT2D eigenvalue weighted by Crippen LogP contribution is -2.14. The van der Waals surface area contributed by atoms with Gasteiger partial charge in [-0.3, -0.25) is 9.20 Å². The zero-order valence-electron chi connectivity index (χ0n) is 11.8. The number of nitrogens with one attached hydrogen (secondary N) is 1. The molecule has 0 atom stereocenters. The van der Waals surface area contributed by atoms with Crippen molar-refractivity contribution in [2.45, 2.75) is 5.16 Å². The van der Waals surface area contributed by atoms with Crippen LogP contribution in [0.3, 0.4) is 0 Å². The number of rotatable bonds is 4. The van der Waals surface area contributed by atoms with Gasteiger partial charge in [0.25, 0.3) is 0 Å². The number of amides is 1. The average molecular weight is 406 g/mol. The number of pyridine rings is 1. The van der Waals surface area contributed by atoms with E-state index in [4.69, 9.17) is 34.8 Å². The Labute approximate surface area is 155 Å². The van der Waals surface area contributed by atoms with Crippen molar-refractivity contribution < 1.29 is 9.18 Å². The maximum atomic E-state index is 13.1. The Morgan fingerprint density at radius 3 is 2.75 bits per heavy atom. The third-order valence-corrected chi connectivity index (χ3v) is 4.65. The minimum atomic E-state index is -0.548. The Morgan fingerprint density at radius 2 is 2.00 bits per heavy atom. The van der Waals surface area contributed by atoms with Crippen LogP contribution in [0, 0.1) is 5.82 Å². The molecular formula is C14H8Cl3FN4OS. The second kappa shape index (κ2) is 7.14. The maximum absolute atomic E-state index is 13.1. The van der Waals surface area contributed by atoms with Crippen LogP contribution in [0.25, 0.3) is 5.65 Å². The van der Waals surface area contributed by atoms with Crippen LogP contribution in [0.5, 0.6) is 0 Å². The fourth-order valence-corrected chi connectivity index (χ4v) is 3.30. The van der Waals surface area contributed by atoms with Crippen molar-refractivity contribution in [2.24, 2.45) is 0 Å². The molecule has 0 saturated heterocycles. The van der Waals surface area contributed by atoms with E-state index in [1.54, 1.807) is 16.7 Å². The van der Waals surface area contributed by atoms with Crippen molar-refractivity contribution in [1.82, 2.24) is 14.6 Å². The number of carbonyl (C=O) groups excluding carboxylic acids is 1. The summed E-state index contributed by atoms with van der Waals surface area (Å²) in [6, 6.07) is 5.51. The van der Waals surface area contributed by atoms with E-state index < -0.39 is 5.82 Å². The Kier molecular flexibility index (Phi) is 5.15. The molecule has 3 rings (SSSR count). The quantitative estimate of drug-likeness (QED) is 0.647. The standard InChI is InChI=1S/C14H8Cl3FN4OS/c15-7-3-10(17)13-20-21-14(22(13)5-7)24-6-12(23)19-8-1-2-11(18)9(16)4-8/h1-5H,6H2,(H,19,23). The first kappa shape index (κ1) is 17.3. The molecule has 2 aromatic heterocycles. The summed E-state index contributed by atoms with van der Waals surface area (Å²) in [7, 11) is 0. The fourth-order valence-electron chi connectivity index (χ4n) is 1.90. The zero-order chi connectivity index (χ0) is 17.3. The third kappa shape index (κ3) is 3.75. The molecule has 0 saturated carbocycles. The van der Waals surface area contributed by atoms with Crippen LogP contribution < -0.4 is 5.32 Å². The van der Waals surface area contributed by atoms with Crippen LogP contribution in [-0.2, 0) is 4.79 Å². The van der Waals surface area contributed by atoms with Gasteiger partial charge in [-0.1, -0.05) is 46.6 Å². The van der Waals surface area contributed by atoms with Gasteiger partial charge in [0, 0.05) is 11.9 Å². The molecule has 2 heterocycles. The molecule has 0 aliphatic carbocycles. The van der Waals surface area contributed by atoms with E-state index in [1.807, 2.05) is 0 Å². The molecule has 0 aliphatic rings. The molecule has 0 spiro atoms. The molecule has 10 heteroatoms. The van der Waals surface area contributed by atoms with Crippen LogP contribution in [0.2, 0.25) is 15.1 Å². The van der Waals surface area contributed by atoms with E-state index in [1.165, 1.54) is 18.2 Å². The first-order valence-electron chi connectivity index (χ1n) is 6.51. The molecule has 1 N–H and O–H groups in total. The van der Waals surface area contributed by atoms with Gasteiger partial charge in [0.15, 0.2) is 10.8 Å². The van der Waals surface area contributed by atoms with E-state index >= 15 is 0 Å². The van der Waals surface area contributed by atoms with Gasteiger partial charge in [-0.25, -0.2) is 4.39 Å². The first-order valence-corrected chi connectivity index (χ1v) is 8.63. The van der Waals surface area contributed by atoms with E-state index in [-0.39, 0.29) is 16.7 Å². The van der Waals surface area contributed by atoms with E-state index in [2.05, 4.69) is 15.5 Å². The molecule has 0 unspecified atom stereocenters. The second-order valence-electron chi connectivity index (χ2n) is 4.65. The van der Waals surface area contributed by atoms with Gasteiger partial charge in [-0.2, -0.15) is 0 Å². The monoisotopic (exact) mass is 404 g/mol. The third-order valence-electron chi connectivity index (χ3n) is 2.93. The Morgan fingerprint density at radius 1 is 1.21 bits per heavy atom. The molecule has 5 nitrogen and oxygen atoms in total. The average Bonchev–Trinajstić information content (AvgIpc) is 2.92. The number of carbonyl (C=O) groups is 1. The molecule has 124 valence electrons. The van der Waals surface area contributed by atoms with Crippen molar-refractivity contribution in [3.05, 3.63) is 51.3 Å². The van der Waals surface area contributed by atoms with E-state index in [9.17, 15) is 9.18 Å². The molecule has 0 bridgehead atoms. The highest BCUT2D eigenvalue weighted by atomic mass is 35.5. The predicted molar refractivity (Wildman–Crippen MR) is 93.8 cm³/mol. The van der Waals surface area contributed by atoms with Crippen molar-refractivity contribution in [2.75, 3.05) is 11.1 Å². The zero-order valence-corrected chi connectivity index (χ0v) is 14.8. The van der Waals surface area contributed by atoms with Crippen molar-refractivity contribution in [3.63, 3.8) is 0 Å². The summed E-state index contributed by atoms with van der Waals surface area (Å²) in [4.78, 5) is 12.0. The molecule has 0 aliphatic heterocycles. The summed E-state index contributed by atoms with van der Waals surface area (Å²) in [6.45, 7) is 0. The second-order valence-corrected chi connectivity index (χ2v) is 6.84. The maximum Gasteiger partial charge on any atom is 0.234 e. The molecule has 1 amide bonds. The molecular weight excluding hydrogens is 398 g/mol. The Bertz CT molecular complexity index is 934. The summed E-state index contributed by atoms with van der Waals surface area (Å²) in [6.07, 6.45) is 1.61. The molecule has 3 aromatic rings. The van der Waals surface area contributed by atoms with Gasteiger partial charge in [0.1, 0.15) is 5.82 Å². The largest absolute Gasteiger partial charge is 0.325 e. The smallest absolute Gasteiger partial charge is 0.234 e. The van der Waals surface area contributed by atoms with Crippen LogP contribution in [-0.4, -0.2) is 26.3 Å². The van der Waals surface area contributed by atoms with Crippen LogP contribution in [0.15, 0.2) is 35.6 Å². The summed E-state index contributed by atoms with van der Waals surface area (Å²) in [5.41, 5.74) is 0.860. The summed E-state index contributed by atoms with van der Waals surface area (Å²) >= 11 is 18.8. The number of hydrogen-bond acceptors (Lipinski definition) is 4. The summed E-state index contributed by atoms with van der Waals surface area (Å²) < 4.78 is 14.7. The fraction of sp³-hybridized carbons (Fsp3) is 0.0714. The first-order chi connectivity index (χ1) is 11.4. The van der Waals surface area contributed by atoms with Gasteiger partial charge in [0.2, 0.25) is 5.91 Å². The van der Waals surface area contributed by atoms with Gasteiger partial charge in [0.05, 0.1) is 20.8 Å². The van der Waals surface area contributed by atoms with E-state index in [0.717, 1.165) is 11.8 Å². The van der Waals surface area contributed by atoms with Gasteiger partial charge in [-0.15, -0.1) is 10.2 Å². The highest BCUT2D eigenvalue weighted by Crippen LogP contribution is 2.25. The van der Waals surface area contributed by atoms with Gasteiger partial charge >= 0.3 is 0 Å². The number of hydrogen-bond donors (Lipinski definition) is 1. The SMILES string of the molecule is O=C(CSc1nnc2c(Cl)cc(Cl)cn12)Nc1ccc(F)c(Cl)c1. The number of aromatic nitrogens is 3. The molecule has 24 heavy (non-hydrogen) atoms. The Balaban J connectivity index is 1.69. The highest BCUT2D eigenvalue weighted by Gasteiger charge is 2.13. The highest BCUT2D eigenvalue weighted by molar-refractivity contribution is 7.99. The van der Waals surface area contributed by atoms with E-state index in [0.29, 0.717) is 26.5 Å². The molecule has 0 radical (unpaired) electrons. The lowest BCUT2D eigenvalue weighted by molar-refractivity contribution is -0.113. The number of thioether (sulfide) groups is 1. The lowest BCUT2D eigenvalue weighted by Gasteiger charge is -2.05. The number of halogens is 4. The summed E-state index contributed by atoms with van der Waals surface area (Å²) in [5, 5.41) is 11.8. The normalized spacial score (nSPS) is 11.0. The van der Waals surface area contributed by atoms with Crippen LogP contribution >= 0.6 is 46.6 Å². The molecule has 0 fully saturated rings. The van der Waals surface area contributed by atoms with Crippen LogP contribution in [0.4, 0.5) is 10.1 Å². The predicted octanol–water partition coefficient (Wildman–Crippen LogP) is 4.56. The Hall–Kier alpha value is -1.54. The lowest BCUT2D eigenvalue weighted by atomic mass is 10.3. The topological polar surface area (TPSA) is 59.3 Å². The van der Waals surface area contributed by atoms with Crippen molar-refractivity contribution >= 4 is 63.8 Å². The van der Waals surface area contributed by atoms with Gasteiger partial charge in [-0.05, 0) is 24.3 Å².